The second-order valence-electron chi connectivity index (χ2n) is 8.39. The molecule has 0 aliphatic carbocycles. The first kappa shape index (κ1) is 29.1. The van der Waals surface area contributed by atoms with E-state index in [0.29, 0.717) is 25.8 Å². The van der Waals surface area contributed by atoms with E-state index in [1.165, 1.54) is 0 Å². The molecule has 4 atom stereocenters. The number of nitrogens with one attached hydrogen (secondary N) is 3. The molecule has 0 aliphatic heterocycles. The van der Waals surface area contributed by atoms with Crippen LogP contribution in [0.5, 0.6) is 0 Å². The molecule has 0 saturated carbocycles. The van der Waals surface area contributed by atoms with Gasteiger partial charge in [0.15, 0.2) is 0 Å². The van der Waals surface area contributed by atoms with E-state index in [4.69, 9.17) is 11.5 Å². The highest BCUT2D eigenvalue weighted by Crippen LogP contribution is 2.09. The molecule has 11 heteroatoms. The third-order valence-corrected chi connectivity index (χ3v) is 5.08. The van der Waals surface area contributed by atoms with Gasteiger partial charge < -0.3 is 32.5 Å². The molecule has 10 nitrogen and oxygen atoms in total. The molecular weight excluding hydrogens is 422 g/mol. The molecule has 4 unspecified atom stereocenters. The SMILES string of the molecule is CC(C)CC(NC(=O)C(N)CS)C(=O)NC(C(=O)NC(CCCCN)C(=O)O)C(C)C. The maximum Gasteiger partial charge on any atom is 0.326 e. The Kier molecular flexibility index (Phi) is 14.1. The Morgan fingerprint density at radius 3 is 1.94 bits per heavy atom. The number of aliphatic carboxylic acids is 1. The number of carbonyl (C=O) groups is 4. The van der Waals surface area contributed by atoms with Crippen LogP contribution in [0.2, 0.25) is 0 Å². The standard InChI is InChI=1S/C20H39N5O5S/c1-11(2)9-15(24-17(26)13(22)10-31)18(27)25-16(12(3)4)19(28)23-14(20(29)30)7-5-6-8-21/h11-16,31H,5-10,21-22H2,1-4H3,(H,23,28)(H,24,26)(H,25,27)(H,29,30). The van der Waals surface area contributed by atoms with Gasteiger partial charge in [0.25, 0.3) is 0 Å². The van der Waals surface area contributed by atoms with Gasteiger partial charge in [0.2, 0.25) is 17.7 Å². The Morgan fingerprint density at radius 1 is 0.903 bits per heavy atom. The second kappa shape index (κ2) is 15.0. The summed E-state index contributed by atoms with van der Waals surface area (Å²) >= 11 is 3.99. The van der Waals surface area contributed by atoms with Crippen molar-refractivity contribution < 1.29 is 24.3 Å². The van der Waals surface area contributed by atoms with Gasteiger partial charge in [-0.05, 0) is 44.1 Å². The molecule has 0 radical (unpaired) electrons. The molecule has 3 amide bonds. The molecule has 8 N–H and O–H groups in total. The van der Waals surface area contributed by atoms with E-state index < -0.39 is 47.9 Å². The van der Waals surface area contributed by atoms with Gasteiger partial charge in [0.1, 0.15) is 18.1 Å². The summed E-state index contributed by atoms with van der Waals surface area (Å²) in [5, 5.41) is 17.2. The lowest BCUT2D eigenvalue weighted by atomic mass is 9.99. The fourth-order valence-corrected chi connectivity index (χ4v) is 3.03. The Labute approximate surface area is 190 Å². The molecule has 0 rings (SSSR count). The zero-order valence-corrected chi connectivity index (χ0v) is 19.8. The summed E-state index contributed by atoms with van der Waals surface area (Å²) in [4.78, 5) is 49.3. The van der Waals surface area contributed by atoms with Crippen LogP contribution >= 0.6 is 12.6 Å². The average molecular weight is 462 g/mol. The van der Waals surface area contributed by atoms with Crippen molar-refractivity contribution in [2.75, 3.05) is 12.3 Å². The van der Waals surface area contributed by atoms with Crippen molar-refractivity contribution in [3.05, 3.63) is 0 Å². The van der Waals surface area contributed by atoms with Gasteiger partial charge in [0.05, 0.1) is 6.04 Å². The summed E-state index contributed by atoms with van der Waals surface area (Å²) in [6.45, 7) is 7.71. The third-order valence-electron chi connectivity index (χ3n) is 4.68. The first-order chi connectivity index (χ1) is 14.4. The highest BCUT2D eigenvalue weighted by atomic mass is 32.1. The Bertz CT molecular complexity index is 603. The number of unbranched alkanes of at least 4 members (excludes halogenated alkanes) is 1. The number of carboxylic acid groups (broad SMARTS) is 1. The fourth-order valence-electron chi connectivity index (χ4n) is 2.87. The topological polar surface area (TPSA) is 177 Å². The lowest BCUT2D eigenvalue weighted by molar-refractivity contribution is -0.142. The van der Waals surface area contributed by atoms with Crippen molar-refractivity contribution in [3.8, 4) is 0 Å². The summed E-state index contributed by atoms with van der Waals surface area (Å²) < 4.78 is 0. The average Bonchev–Trinajstić information content (AvgIpc) is 2.68. The van der Waals surface area contributed by atoms with E-state index in [0.717, 1.165) is 0 Å². The zero-order valence-electron chi connectivity index (χ0n) is 18.9. The Hall–Kier alpha value is -1.85. The summed E-state index contributed by atoms with van der Waals surface area (Å²) in [5.41, 5.74) is 11.1. The smallest absolute Gasteiger partial charge is 0.326 e. The number of thiol groups is 1. The van der Waals surface area contributed by atoms with Crippen molar-refractivity contribution in [1.29, 1.82) is 0 Å². The van der Waals surface area contributed by atoms with Crippen LogP contribution in [0.4, 0.5) is 0 Å². The van der Waals surface area contributed by atoms with E-state index in [2.05, 4.69) is 28.6 Å². The minimum absolute atomic E-state index is 0.0912. The second-order valence-corrected chi connectivity index (χ2v) is 8.76. The largest absolute Gasteiger partial charge is 0.480 e. The summed E-state index contributed by atoms with van der Waals surface area (Å²) in [6.07, 6.45) is 1.79. The number of hydrogen-bond acceptors (Lipinski definition) is 7. The molecule has 0 bridgehead atoms. The van der Waals surface area contributed by atoms with Gasteiger partial charge in [-0.25, -0.2) is 4.79 Å². The quantitative estimate of drug-likeness (QED) is 0.128. The molecule has 0 aromatic carbocycles. The van der Waals surface area contributed by atoms with E-state index in [-0.39, 0.29) is 24.0 Å². The van der Waals surface area contributed by atoms with Crippen LogP contribution in [0.3, 0.4) is 0 Å². The molecular formula is C20H39N5O5S. The van der Waals surface area contributed by atoms with Gasteiger partial charge in [-0.15, -0.1) is 0 Å². The number of rotatable bonds is 15. The number of nitrogens with two attached hydrogens (primary N) is 2. The van der Waals surface area contributed by atoms with Gasteiger partial charge in [0, 0.05) is 5.75 Å². The van der Waals surface area contributed by atoms with E-state index in [9.17, 15) is 24.3 Å². The first-order valence-electron chi connectivity index (χ1n) is 10.6. The zero-order chi connectivity index (χ0) is 24.1. The summed E-state index contributed by atoms with van der Waals surface area (Å²) in [6, 6.07) is -3.78. The van der Waals surface area contributed by atoms with Crippen molar-refractivity contribution in [2.45, 2.75) is 77.5 Å². The third kappa shape index (κ3) is 11.4. The highest BCUT2D eigenvalue weighted by Gasteiger charge is 2.31. The number of hydrogen-bond donors (Lipinski definition) is 7. The van der Waals surface area contributed by atoms with E-state index in [1.54, 1.807) is 13.8 Å². The normalized spacial score (nSPS) is 15.1. The molecule has 0 fully saturated rings. The lowest BCUT2D eigenvalue weighted by Gasteiger charge is -2.27. The maximum atomic E-state index is 12.9. The number of amides is 3. The number of carbonyl (C=O) groups excluding carboxylic acids is 3. The molecule has 180 valence electrons. The molecule has 0 aliphatic rings. The Morgan fingerprint density at radius 2 is 1.48 bits per heavy atom. The van der Waals surface area contributed by atoms with Crippen LogP contribution in [0.1, 0.15) is 53.4 Å². The van der Waals surface area contributed by atoms with Gasteiger partial charge >= 0.3 is 5.97 Å². The van der Waals surface area contributed by atoms with Crippen LogP contribution < -0.4 is 27.4 Å². The van der Waals surface area contributed by atoms with Crippen molar-refractivity contribution in [2.24, 2.45) is 23.3 Å². The van der Waals surface area contributed by atoms with Gasteiger partial charge in [-0.3, -0.25) is 14.4 Å². The van der Waals surface area contributed by atoms with Crippen LogP contribution in [0.15, 0.2) is 0 Å². The van der Waals surface area contributed by atoms with Crippen LogP contribution in [-0.2, 0) is 19.2 Å². The monoisotopic (exact) mass is 461 g/mol. The van der Waals surface area contributed by atoms with Gasteiger partial charge in [-0.2, -0.15) is 12.6 Å². The molecule has 0 aromatic heterocycles. The molecule has 0 heterocycles. The van der Waals surface area contributed by atoms with Gasteiger partial charge in [-0.1, -0.05) is 27.7 Å². The maximum absolute atomic E-state index is 12.9. The van der Waals surface area contributed by atoms with Crippen LogP contribution in [0.25, 0.3) is 0 Å². The molecule has 0 aromatic rings. The summed E-state index contributed by atoms with van der Waals surface area (Å²) in [7, 11) is 0. The predicted octanol–water partition coefficient (Wildman–Crippen LogP) is -0.386. The predicted molar refractivity (Wildman–Crippen MR) is 122 cm³/mol. The molecule has 31 heavy (non-hydrogen) atoms. The fraction of sp³-hybridized carbons (Fsp3) is 0.800. The molecule has 0 saturated heterocycles. The lowest BCUT2D eigenvalue weighted by Crippen LogP contribution is -2.58. The van der Waals surface area contributed by atoms with Crippen molar-refractivity contribution in [1.82, 2.24) is 16.0 Å². The Balaban J connectivity index is 5.31. The van der Waals surface area contributed by atoms with E-state index >= 15 is 0 Å². The van der Waals surface area contributed by atoms with Crippen LogP contribution in [0, 0.1) is 11.8 Å². The minimum Gasteiger partial charge on any atom is -0.480 e. The molecule has 0 spiro atoms. The minimum atomic E-state index is -1.15. The number of carboxylic acids is 1. The van der Waals surface area contributed by atoms with Crippen molar-refractivity contribution >= 4 is 36.3 Å². The van der Waals surface area contributed by atoms with E-state index in [1.807, 2.05) is 13.8 Å². The first-order valence-corrected chi connectivity index (χ1v) is 11.3. The highest BCUT2D eigenvalue weighted by molar-refractivity contribution is 7.80. The summed E-state index contributed by atoms with van der Waals surface area (Å²) in [5.74, 6) is -2.87. The van der Waals surface area contributed by atoms with Crippen molar-refractivity contribution in [3.63, 3.8) is 0 Å². The van der Waals surface area contributed by atoms with Crippen LogP contribution in [-0.4, -0.2) is 65.3 Å².